The van der Waals surface area contributed by atoms with Crippen LogP contribution in [0.3, 0.4) is 0 Å². The van der Waals surface area contributed by atoms with Crippen LogP contribution in [0.1, 0.15) is 51.2 Å². The summed E-state index contributed by atoms with van der Waals surface area (Å²) < 4.78 is 0. The van der Waals surface area contributed by atoms with Crippen molar-refractivity contribution in [2.24, 2.45) is 5.73 Å². The molecule has 154 valence electrons. The minimum absolute atomic E-state index is 0.638. The molecule has 0 atom stereocenters. The highest BCUT2D eigenvalue weighted by molar-refractivity contribution is 6.34. The second-order valence-electron chi connectivity index (χ2n) is 6.35. The molecule has 0 bridgehead atoms. The molecule has 1 aliphatic rings. The smallest absolute Gasteiger partial charge is 0.0426 e. The Balaban J connectivity index is 0.000000921. The Kier molecular flexibility index (Phi) is 11.1. The monoisotopic (exact) mass is 421 g/mol. The molecule has 0 aliphatic carbocycles. The van der Waals surface area contributed by atoms with E-state index in [0.717, 1.165) is 35.5 Å². The molecular weight excluding hydrogens is 389 g/mol. The molecule has 3 nitrogen and oxygen atoms in total. The van der Waals surface area contributed by atoms with Crippen LogP contribution in [0.5, 0.6) is 0 Å². The zero-order valence-corrected chi connectivity index (χ0v) is 18.9. The van der Waals surface area contributed by atoms with Crippen molar-refractivity contribution in [3.05, 3.63) is 57.6 Å². The van der Waals surface area contributed by atoms with E-state index in [0.29, 0.717) is 10.0 Å². The van der Waals surface area contributed by atoms with Crippen molar-refractivity contribution >= 4 is 46.2 Å². The van der Waals surface area contributed by atoms with Crippen LogP contribution in [0, 0.1) is 0 Å². The third kappa shape index (κ3) is 7.05. The molecule has 1 heterocycles. The van der Waals surface area contributed by atoms with Gasteiger partial charge in [-0.05, 0) is 86.3 Å². The first-order chi connectivity index (χ1) is 13.5. The predicted molar refractivity (Wildman–Crippen MR) is 128 cm³/mol. The number of hydrogen-bond donors (Lipinski definition) is 2. The van der Waals surface area contributed by atoms with Crippen molar-refractivity contribution in [1.82, 2.24) is 0 Å². The van der Waals surface area contributed by atoms with Gasteiger partial charge in [0.05, 0.1) is 0 Å². The van der Waals surface area contributed by atoms with E-state index in [9.17, 15) is 0 Å². The van der Waals surface area contributed by atoms with Gasteiger partial charge < -0.3 is 16.4 Å². The normalized spacial score (nSPS) is 13.8. The maximum absolute atomic E-state index is 6.29. The molecule has 0 aromatic heterocycles. The Morgan fingerprint density at radius 1 is 0.929 bits per heavy atom. The number of anilines is 2. The molecule has 0 amide bonds. The zero-order chi connectivity index (χ0) is 21.1. The van der Waals surface area contributed by atoms with Crippen molar-refractivity contribution in [1.29, 1.82) is 0 Å². The molecule has 28 heavy (non-hydrogen) atoms. The lowest BCUT2D eigenvalue weighted by atomic mass is 10.0. The molecule has 3 rings (SSSR count). The number of piperidine rings is 1. The maximum Gasteiger partial charge on any atom is 0.0426 e. The van der Waals surface area contributed by atoms with Gasteiger partial charge >= 0.3 is 0 Å². The van der Waals surface area contributed by atoms with E-state index >= 15 is 0 Å². The average molecular weight is 422 g/mol. The van der Waals surface area contributed by atoms with E-state index in [4.69, 9.17) is 28.9 Å². The number of halogens is 2. The number of allylic oxidation sites excluding steroid dienone is 1. The largest absolute Gasteiger partial charge is 0.398 e. The van der Waals surface area contributed by atoms with Crippen LogP contribution in [0.2, 0.25) is 10.0 Å². The molecular formula is C23H33Cl2N3. The Morgan fingerprint density at radius 2 is 1.50 bits per heavy atom. The van der Waals surface area contributed by atoms with E-state index in [-0.39, 0.29) is 0 Å². The van der Waals surface area contributed by atoms with E-state index in [2.05, 4.69) is 34.9 Å². The van der Waals surface area contributed by atoms with Crippen LogP contribution >= 0.6 is 23.2 Å². The number of benzene rings is 2. The quantitative estimate of drug-likeness (QED) is 0.426. The van der Waals surface area contributed by atoms with Gasteiger partial charge in [-0.15, -0.1) is 0 Å². The van der Waals surface area contributed by atoms with Gasteiger partial charge in [-0.25, -0.2) is 0 Å². The highest BCUT2D eigenvalue weighted by Crippen LogP contribution is 2.29. The standard InChI is InChI=1S/C20H22Cl2N2.C2H6.CH5N/c1-14(16-10-17(21)12-18(22)11-16)9-15-5-6-19(13-20(15)23)24-7-3-2-4-8-24;2*1-2/h5-6,9-13H,2-4,7-8,23H2,1H3;1-2H3;2H2,1H3/b14-9+;;. The van der Waals surface area contributed by atoms with Gasteiger partial charge in [-0.2, -0.15) is 0 Å². The first-order valence-corrected chi connectivity index (χ1v) is 10.7. The molecule has 2 aromatic rings. The zero-order valence-electron chi connectivity index (χ0n) is 17.4. The van der Waals surface area contributed by atoms with E-state index in [1.807, 2.05) is 32.9 Å². The fraction of sp³-hybridized carbons (Fsp3) is 0.391. The van der Waals surface area contributed by atoms with Crippen LogP contribution in [0.15, 0.2) is 36.4 Å². The van der Waals surface area contributed by atoms with Gasteiger partial charge in [0.25, 0.3) is 0 Å². The summed E-state index contributed by atoms with van der Waals surface area (Å²) in [5, 5.41) is 1.28. The van der Waals surface area contributed by atoms with Gasteiger partial charge in [0.1, 0.15) is 0 Å². The van der Waals surface area contributed by atoms with Crippen LogP contribution < -0.4 is 16.4 Å². The first-order valence-electron chi connectivity index (χ1n) is 9.90. The van der Waals surface area contributed by atoms with Gasteiger partial charge in [0.2, 0.25) is 0 Å². The van der Waals surface area contributed by atoms with Crippen molar-refractivity contribution in [3.8, 4) is 0 Å². The summed E-state index contributed by atoms with van der Waals surface area (Å²) in [5.41, 5.74) is 15.9. The first kappa shape index (κ1) is 24.4. The summed E-state index contributed by atoms with van der Waals surface area (Å²) in [6, 6.07) is 11.9. The summed E-state index contributed by atoms with van der Waals surface area (Å²) in [6.45, 7) is 8.28. The van der Waals surface area contributed by atoms with Crippen LogP contribution in [0.25, 0.3) is 11.6 Å². The second kappa shape index (κ2) is 12.7. The van der Waals surface area contributed by atoms with Crippen molar-refractivity contribution < 1.29 is 0 Å². The Labute approximate surface area is 180 Å². The molecule has 0 spiro atoms. The molecule has 5 heteroatoms. The highest BCUT2D eigenvalue weighted by atomic mass is 35.5. The summed E-state index contributed by atoms with van der Waals surface area (Å²) >= 11 is 12.2. The highest BCUT2D eigenvalue weighted by Gasteiger charge is 2.12. The SMILES string of the molecule is C/C(=C\c1ccc(N2CCCCC2)cc1N)c1cc(Cl)cc(Cl)c1.CC.CN. The van der Waals surface area contributed by atoms with Gasteiger partial charge in [-0.3, -0.25) is 0 Å². The second-order valence-corrected chi connectivity index (χ2v) is 7.22. The molecule has 1 aliphatic heterocycles. The summed E-state index contributed by atoms with van der Waals surface area (Å²) in [5.74, 6) is 0. The van der Waals surface area contributed by atoms with Crippen LogP contribution in [-0.2, 0) is 0 Å². The fourth-order valence-corrected chi connectivity index (χ4v) is 3.67. The van der Waals surface area contributed by atoms with Crippen molar-refractivity contribution in [2.75, 3.05) is 30.8 Å². The molecule has 1 fully saturated rings. The molecule has 0 saturated carbocycles. The lowest BCUT2D eigenvalue weighted by Crippen LogP contribution is -2.29. The topological polar surface area (TPSA) is 55.3 Å². The van der Waals surface area contributed by atoms with E-state index < -0.39 is 0 Å². The minimum Gasteiger partial charge on any atom is -0.398 e. The van der Waals surface area contributed by atoms with Crippen LogP contribution in [-0.4, -0.2) is 20.1 Å². The van der Waals surface area contributed by atoms with Crippen molar-refractivity contribution in [2.45, 2.75) is 40.0 Å². The van der Waals surface area contributed by atoms with Gasteiger partial charge in [0, 0.05) is 34.5 Å². The molecule has 4 N–H and O–H groups in total. The third-order valence-electron chi connectivity index (χ3n) is 4.48. The lowest BCUT2D eigenvalue weighted by Gasteiger charge is -2.29. The third-order valence-corrected chi connectivity index (χ3v) is 4.92. The molecule has 0 radical (unpaired) electrons. The number of rotatable bonds is 3. The van der Waals surface area contributed by atoms with E-state index in [1.165, 1.54) is 32.0 Å². The van der Waals surface area contributed by atoms with Gasteiger partial charge in [0.15, 0.2) is 0 Å². The average Bonchev–Trinajstić information content (AvgIpc) is 2.72. The molecule has 0 unspecified atom stereocenters. The maximum atomic E-state index is 6.29. The molecule has 2 aromatic carbocycles. The van der Waals surface area contributed by atoms with E-state index in [1.54, 1.807) is 6.07 Å². The number of hydrogen-bond acceptors (Lipinski definition) is 3. The van der Waals surface area contributed by atoms with Gasteiger partial charge in [-0.1, -0.05) is 43.1 Å². The summed E-state index contributed by atoms with van der Waals surface area (Å²) in [6.07, 6.45) is 5.93. The minimum atomic E-state index is 0.638. The lowest BCUT2D eigenvalue weighted by molar-refractivity contribution is 0.578. The molecule has 1 saturated heterocycles. The summed E-state index contributed by atoms with van der Waals surface area (Å²) in [4.78, 5) is 2.41. The van der Waals surface area contributed by atoms with Crippen molar-refractivity contribution in [3.63, 3.8) is 0 Å². The Bertz CT molecular complexity index is 746. The van der Waals surface area contributed by atoms with Crippen LogP contribution in [0.4, 0.5) is 11.4 Å². The Hall–Kier alpha value is -1.68. The summed E-state index contributed by atoms with van der Waals surface area (Å²) in [7, 11) is 1.50. The number of nitrogen functional groups attached to an aromatic ring is 1. The number of nitrogens with two attached hydrogens (primary N) is 2. The predicted octanol–water partition coefficient (Wildman–Crippen LogP) is 6.73. The Morgan fingerprint density at radius 3 is 2.04 bits per heavy atom. The fourth-order valence-electron chi connectivity index (χ4n) is 3.14. The number of nitrogens with zero attached hydrogens (tertiary/aromatic N) is 1.